The SMILES string of the molecule is O=C(N[C@H](Cc1ccccc1)C(O)(c1ccccc1)c1ccccc1)C1(C(=O)N[C@H](Cc2ccccc2)C(O)(c2ccccc2)c2ccccc2)CCC1. The molecule has 2 atom stereocenters. The molecule has 6 heteroatoms. The Hall–Kier alpha value is -5.82. The molecule has 1 aliphatic carbocycles. The number of hydrogen-bond acceptors (Lipinski definition) is 4. The first-order chi connectivity index (χ1) is 26.3. The standard InChI is InChI=1S/C48H46N2O4/c51-44(49-42(34-36-20-7-1-8-21-36)47(53,38-24-11-3-12-25-38)39-26-13-4-14-27-39)46(32-19-33-46)45(52)50-43(35-37-22-9-2-10-23-37)48(54,40-28-15-5-16-29-40)41-30-17-6-18-31-41/h1-18,20-31,42-43,53-54H,19,32-35H2,(H,49,51)(H,50,52)/t42-,43-/m1/s1. The number of carbonyl (C=O) groups is 2. The lowest BCUT2D eigenvalue weighted by molar-refractivity contribution is -0.152. The molecule has 6 aromatic carbocycles. The van der Waals surface area contributed by atoms with Gasteiger partial charge in [0.25, 0.3) is 0 Å². The Morgan fingerprint density at radius 1 is 0.463 bits per heavy atom. The van der Waals surface area contributed by atoms with E-state index < -0.39 is 40.5 Å². The lowest BCUT2D eigenvalue weighted by Gasteiger charge is -2.45. The molecule has 7 rings (SSSR count). The lowest BCUT2D eigenvalue weighted by atomic mass is 9.66. The first kappa shape index (κ1) is 36.5. The second-order valence-electron chi connectivity index (χ2n) is 14.4. The van der Waals surface area contributed by atoms with E-state index in [9.17, 15) is 19.8 Å². The molecule has 0 heterocycles. The van der Waals surface area contributed by atoms with E-state index in [1.807, 2.05) is 182 Å². The summed E-state index contributed by atoms with van der Waals surface area (Å²) < 4.78 is 0. The molecule has 0 bridgehead atoms. The van der Waals surface area contributed by atoms with Gasteiger partial charge in [0.2, 0.25) is 11.8 Å². The van der Waals surface area contributed by atoms with E-state index in [1.54, 1.807) is 0 Å². The van der Waals surface area contributed by atoms with Gasteiger partial charge in [0.05, 0.1) is 12.1 Å². The first-order valence-corrected chi connectivity index (χ1v) is 18.7. The van der Waals surface area contributed by atoms with Crippen molar-refractivity contribution < 1.29 is 19.8 Å². The summed E-state index contributed by atoms with van der Waals surface area (Å²) in [6.07, 6.45) is 1.98. The van der Waals surface area contributed by atoms with Crippen molar-refractivity contribution in [2.45, 2.75) is 55.4 Å². The van der Waals surface area contributed by atoms with Crippen molar-refractivity contribution in [3.05, 3.63) is 215 Å². The molecule has 1 aliphatic rings. The Labute approximate surface area is 317 Å². The highest BCUT2D eigenvalue weighted by Crippen LogP contribution is 2.44. The molecule has 0 spiro atoms. The fraction of sp³-hybridized carbons (Fsp3) is 0.208. The Balaban J connectivity index is 1.27. The summed E-state index contributed by atoms with van der Waals surface area (Å²) in [6, 6.07) is 55.3. The van der Waals surface area contributed by atoms with Crippen LogP contribution >= 0.6 is 0 Å². The molecular weight excluding hydrogens is 669 g/mol. The molecule has 272 valence electrons. The molecule has 54 heavy (non-hydrogen) atoms. The van der Waals surface area contributed by atoms with Crippen LogP contribution in [-0.4, -0.2) is 34.1 Å². The van der Waals surface area contributed by atoms with E-state index in [1.165, 1.54) is 0 Å². The molecule has 0 aromatic heterocycles. The zero-order valence-corrected chi connectivity index (χ0v) is 30.2. The molecule has 1 saturated carbocycles. The van der Waals surface area contributed by atoms with E-state index in [4.69, 9.17) is 0 Å². The Morgan fingerprint density at radius 3 is 0.963 bits per heavy atom. The lowest BCUT2D eigenvalue weighted by Crippen LogP contribution is -2.63. The number of hydrogen-bond donors (Lipinski definition) is 4. The minimum Gasteiger partial charge on any atom is -0.378 e. The van der Waals surface area contributed by atoms with Crippen molar-refractivity contribution in [3.63, 3.8) is 0 Å². The average molecular weight is 715 g/mol. The molecule has 6 nitrogen and oxygen atoms in total. The fourth-order valence-electron chi connectivity index (χ4n) is 7.89. The van der Waals surface area contributed by atoms with Gasteiger partial charge in [0.15, 0.2) is 0 Å². The number of nitrogens with one attached hydrogen (secondary N) is 2. The molecule has 0 radical (unpaired) electrons. The summed E-state index contributed by atoms with van der Waals surface area (Å²) in [6.45, 7) is 0. The van der Waals surface area contributed by atoms with Crippen molar-refractivity contribution in [2.75, 3.05) is 0 Å². The summed E-state index contributed by atoms with van der Waals surface area (Å²) >= 11 is 0. The van der Waals surface area contributed by atoms with Crippen LogP contribution in [0, 0.1) is 5.41 Å². The quantitative estimate of drug-likeness (QED) is 0.0880. The normalized spacial score (nSPS) is 14.9. The average Bonchev–Trinajstić information content (AvgIpc) is 3.21. The van der Waals surface area contributed by atoms with Crippen molar-refractivity contribution in [1.82, 2.24) is 10.6 Å². The van der Waals surface area contributed by atoms with Gasteiger partial charge in [-0.05, 0) is 59.1 Å². The van der Waals surface area contributed by atoms with Gasteiger partial charge in [-0.3, -0.25) is 9.59 Å². The van der Waals surface area contributed by atoms with Gasteiger partial charge in [0, 0.05) is 0 Å². The Kier molecular flexibility index (Phi) is 10.9. The van der Waals surface area contributed by atoms with E-state index in [0.29, 0.717) is 54.4 Å². The van der Waals surface area contributed by atoms with Crippen LogP contribution in [0.5, 0.6) is 0 Å². The number of rotatable bonds is 14. The number of benzene rings is 6. The van der Waals surface area contributed by atoms with Crippen LogP contribution in [0.15, 0.2) is 182 Å². The molecule has 6 aromatic rings. The van der Waals surface area contributed by atoms with Gasteiger partial charge in [-0.2, -0.15) is 0 Å². The van der Waals surface area contributed by atoms with Crippen LogP contribution in [-0.2, 0) is 33.6 Å². The zero-order valence-electron chi connectivity index (χ0n) is 30.2. The molecule has 2 amide bonds. The van der Waals surface area contributed by atoms with E-state index in [0.717, 1.165) is 11.1 Å². The Bertz CT molecular complexity index is 1880. The van der Waals surface area contributed by atoms with Crippen LogP contribution in [0.1, 0.15) is 52.6 Å². The van der Waals surface area contributed by atoms with Crippen LogP contribution in [0.4, 0.5) is 0 Å². The van der Waals surface area contributed by atoms with Crippen LogP contribution in [0.3, 0.4) is 0 Å². The van der Waals surface area contributed by atoms with Gasteiger partial charge < -0.3 is 20.8 Å². The van der Waals surface area contributed by atoms with E-state index in [-0.39, 0.29) is 0 Å². The predicted molar refractivity (Wildman–Crippen MR) is 212 cm³/mol. The van der Waals surface area contributed by atoms with Crippen LogP contribution in [0.25, 0.3) is 0 Å². The molecular formula is C48H46N2O4. The first-order valence-electron chi connectivity index (χ1n) is 18.7. The maximum absolute atomic E-state index is 14.9. The molecule has 0 saturated heterocycles. The van der Waals surface area contributed by atoms with Crippen LogP contribution < -0.4 is 10.6 Å². The maximum Gasteiger partial charge on any atom is 0.236 e. The summed E-state index contributed by atoms with van der Waals surface area (Å²) in [7, 11) is 0. The topological polar surface area (TPSA) is 98.7 Å². The van der Waals surface area contributed by atoms with Crippen molar-refractivity contribution >= 4 is 11.8 Å². The highest BCUT2D eigenvalue weighted by molar-refractivity contribution is 6.06. The Morgan fingerprint density at radius 2 is 0.722 bits per heavy atom. The van der Waals surface area contributed by atoms with Gasteiger partial charge in [-0.1, -0.05) is 188 Å². The van der Waals surface area contributed by atoms with Gasteiger partial charge in [-0.25, -0.2) is 0 Å². The van der Waals surface area contributed by atoms with Crippen LogP contribution in [0.2, 0.25) is 0 Å². The largest absolute Gasteiger partial charge is 0.378 e. The minimum atomic E-state index is -1.63. The molecule has 1 fully saturated rings. The fourth-order valence-corrected chi connectivity index (χ4v) is 7.89. The number of carbonyl (C=O) groups excluding carboxylic acids is 2. The second kappa shape index (κ2) is 16.0. The summed E-state index contributed by atoms with van der Waals surface area (Å²) in [5.74, 6) is -0.891. The third-order valence-corrected chi connectivity index (χ3v) is 11.1. The van der Waals surface area contributed by atoms with E-state index >= 15 is 0 Å². The molecule has 0 aliphatic heterocycles. The summed E-state index contributed by atoms with van der Waals surface area (Å²) in [5.41, 5.74) is -0.305. The predicted octanol–water partition coefficient (Wildman–Crippen LogP) is 7.48. The summed E-state index contributed by atoms with van der Waals surface area (Å²) in [4.78, 5) is 29.8. The third-order valence-electron chi connectivity index (χ3n) is 11.1. The number of aliphatic hydroxyl groups is 2. The third kappa shape index (κ3) is 7.23. The molecule has 4 N–H and O–H groups in total. The van der Waals surface area contributed by atoms with Gasteiger partial charge >= 0.3 is 0 Å². The zero-order chi connectivity index (χ0) is 37.4. The summed E-state index contributed by atoms with van der Waals surface area (Å²) in [5, 5.41) is 32.4. The van der Waals surface area contributed by atoms with Gasteiger partial charge in [-0.15, -0.1) is 0 Å². The highest BCUT2D eigenvalue weighted by Gasteiger charge is 2.54. The van der Waals surface area contributed by atoms with Crippen molar-refractivity contribution in [2.24, 2.45) is 5.41 Å². The number of amides is 2. The van der Waals surface area contributed by atoms with Gasteiger partial charge in [0.1, 0.15) is 16.6 Å². The highest BCUT2D eigenvalue weighted by atomic mass is 16.3. The second-order valence-corrected chi connectivity index (χ2v) is 14.4. The van der Waals surface area contributed by atoms with Crippen molar-refractivity contribution in [1.29, 1.82) is 0 Å². The smallest absolute Gasteiger partial charge is 0.236 e. The monoisotopic (exact) mass is 714 g/mol. The van der Waals surface area contributed by atoms with Crippen molar-refractivity contribution in [3.8, 4) is 0 Å². The minimum absolute atomic E-state index is 0.308. The molecule has 0 unspecified atom stereocenters. The van der Waals surface area contributed by atoms with E-state index in [2.05, 4.69) is 10.6 Å². The maximum atomic E-state index is 14.9.